The summed E-state index contributed by atoms with van der Waals surface area (Å²) in [5.74, 6) is 1.79. The van der Waals surface area contributed by atoms with E-state index < -0.39 is 0 Å². The van der Waals surface area contributed by atoms with Gasteiger partial charge in [0.05, 0.1) is 18.7 Å². The highest BCUT2D eigenvalue weighted by atomic mass is 32.1. The quantitative estimate of drug-likeness (QED) is 0.342. The molecule has 1 aliphatic heterocycles. The van der Waals surface area contributed by atoms with Crippen LogP contribution < -0.4 is 10.1 Å². The minimum absolute atomic E-state index is 0.255. The number of thiocarbonyl (C=S) groups is 1. The van der Waals surface area contributed by atoms with E-state index in [9.17, 15) is 0 Å². The minimum atomic E-state index is -0.255. The molecular formula is C28H26N4O2S. The molecular weight excluding hydrogens is 456 g/mol. The molecule has 0 radical (unpaired) electrons. The molecule has 0 saturated carbocycles. The number of benzene rings is 3. The first kappa shape index (κ1) is 22.8. The topological polar surface area (TPSA) is 63.4 Å². The molecule has 35 heavy (non-hydrogen) atoms. The smallest absolute Gasteiger partial charge is 0.258 e. The van der Waals surface area contributed by atoms with Crippen LogP contribution in [0.15, 0.2) is 95.1 Å². The van der Waals surface area contributed by atoms with Crippen LogP contribution in [0.1, 0.15) is 30.0 Å². The van der Waals surface area contributed by atoms with E-state index >= 15 is 0 Å². The van der Waals surface area contributed by atoms with Gasteiger partial charge in [0.2, 0.25) is 5.82 Å². The van der Waals surface area contributed by atoms with E-state index in [0.717, 1.165) is 41.1 Å². The standard InChI is InChI=1S/C28H26N4O2S/c1-19-24(27-30-26(31-34-27)21-12-7-4-8-13-21)25(22-14-9-15-23(18-22)33-2)29-28(35)32(19)17-16-20-10-5-3-6-11-20/h3-15,18,25H,16-17H2,1-2H3,(H,29,35). The van der Waals surface area contributed by atoms with E-state index in [1.165, 1.54) is 5.56 Å². The molecule has 0 fully saturated rings. The van der Waals surface area contributed by atoms with Crippen LogP contribution in [-0.2, 0) is 6.42 Å². The molecule has 3 aromatic carbocycles. The van der Waals surface area contributed by atoms with Gasteiger partial charge in [-0.15, -0.1) is 0 Å². The minimum Gasteiger partial charge on any atom is -0.497 e. The zero-order chi connectivity index (χ0) is 24.2. The normalized spacial score (nSPS) is 15.8. The second-order valence-electron chi connectivity index (χ2n) is 8.33. The van der Waals surface area contributed by atoms with Crippen LogP contribution in [0, 0.1) is 0 Å². The Bertz CT molecular complexity index is 1350. The van der Waals surface area contributed by atoms with Crippen molar-refractivity contribution in [3.8, 4) is 17.1 Å². The fourth-order valence-electron chi connectivity index (χ4n) is 4.32. The second-order valence-corrected chi connectivity index (χ2v) is 8.72. The van der Waals surface area contributed by atoms with Crippen LogP contribution in [0.2, 0.25) is 0 Å². The van der Waals surface area contributed by atoms with Gasteiger partial charge in [0, 0.05) is 17.8 Å². The predicted octanol–water partition coefficient (Wildman–Crippen LogP) is 5.65. The molecule has 0 saturated heterocycles. The van der Waals surface area contributed by atoms with Crippen molar-refractivity contribution >= 4 is 22.9 Å². The lowest BCUT2D eigenvalue weighted by Crippen LogP contribution is -2.46. The van der Waals surface area contributed by atoms with Crippen molar-refractivity contribution in [1.29, 1.82) is 0 Å². The third-order valence-electron chi connectivity index (χ3n) is 6.18. The molecule has 1 atom stereocenters. The van der Waals surface area contributed by atoms with Crippen molar-refractivity contribution < 1.29 is 9.26 Å². The van der Waals surface area contributed by atoms with Gasteiger partial charge >= 0.3 is 0 Å². The van der Waals surface area contributed by atoms with E-state index in [1.807, 2.05) is 60.7 Å². The van der Waals surface area contributed by atoms with Crippen molar-refractivity contribution in [2.75, 3.05) is 13.7 Å². The van der Waals surface area contributed by atoms with Crippen LogP contribution >= 0.6 is 12.2 Å². The van der Waals surface area contributed by atoms with E-state index in [1.54, 1.807) is 7.11 Å². The van der Waals surface area contributed by atoms with Crippen molar-refractivity contribution in [2.24, 2.45) is 0 Å². The van der Waals surface area contributed by atoms with Gasteiger partial charge in [-0.25, -0.2) is 0 Å². The summed E-state index contributed by atoms with van der Waals surface area (Å²) >= 11 is 5.83. The molecule has 1 unspecified atom stereocenters. The Morgan fingerprint density at radius 2 is 1.74 bits per heavy atom. The highest BCUT2D eigenvalue weighted by Gasteiger charge is 2.34. The Kier molecular flexibility index (Phi) is 6.59. The van der Waals surface area contributed by atoms with Crippen LogP contribution in [-0.4, -0.2) is 33.8 Å². The highest BCUT2D eigenvalue weighted by Crippen LogP contribution is 2.38. The lowest BCUT2D eigenvalue weighted by atomic mass is 9.94. The molecule has 0 bridgehead atoms. The zero-order valence-corrected chi connectivity index (χ0v) is 20.5. The molecule has 1 aliphatic rings. The third-order valence-corrected chi connectivity index (χ3v) is 6.52. The van der Waals surface area contributed by atoms with Crippen LogP contribution in [0.25, 0.3) is 17.0 Å². The van der Waals surface area contributed by atoms with Gasteiger partial charge in [-0.3, -0.25) is 0 Å². The summed E-state index contributed by atoms with van der Waals surface area (Å²) in [6.45, 7) is 2.79. The molecule has 2 heterocycles. The summed E-state index contributed by atoms with van der Waals surface area (Å²) < 4.78 is 11.3. The monoisotopic (exact) mass is 482 g/mol. The molecule has 1 aromatic heterocycles. The molecule has 176 valence electrons. The first-order valence-corrected chi connectivity index (χ1v) is 11.9. The Morgan fingerprint density at radius 1 is 1.00 bits per heavy atom. The van der Waals surface area contributed by atoms with Gasteiger partial charge < -0.3 is 19.5 Å². The number of ether oxygens (including phenoxy) is 1. The third kappa shape index (κ3) is 4.81. The molecule has 0 spiro atoms. The molecule has 5 rings (SSSR count). The van der Waals surface area contributed by atoms with Gasteiger partial charge in [0.25, 0.3) is 5.89 Å². The number of hydrogen-bond acceptors (Lipinski definition) is 5. The Balaban J connectivity index is 1.55. The predicted molar refractivity (Wildman–Crippen MR) is 141 cm³/mol. The average Bonchev–Trinajstić information content (AvgIpc) is 3.39. The van der Waals surface area contributed by atoms with Crippen LogP contribution in [0.4, 0.5) is 0 Å². The Hall–Kier alpha value is -3.97. The summed E-state index contributed by atoms with van der Waals surface area (Å²) in [6, 6.07) is 27.9. The van der Waals surface area contributed by atoms with Crippen LogP contribution in [0.5, 0.6) is 5.75 Å². The highest BCUT2D eigenvalue weighted by molar-refractivity contribution is 7.80. The summed E-state index contributed by atoms with van der Waals surface area (Å²) in [5, 5.41) is 8.45. The average molecular weight is 483 g/mol. The first-order chi connectivity index (χ1) is 17.1. The molecule has 7 heteroatoms. The van der Waals surface area contributed by atoms with Gasteiger partial charge in [-0.1, -0.05) is 78.0 Å². The van der Waals surface area contributed by atoms with Crippen LogP contribution in [0.3, 0.4) is 0 Å². The van der Waals surface area contributed by atoms with Crippen molar-refractivity contribution in [3.05, 3.63) is 108 Å². The largest absolute Gasteiger partial charge is 0.497 e. The number of allylic oxidation sites excluding steroid dienone is 1. The molecule has 4 aromatic rings. The van der Waals surface area contributed by atoms with E-state index in [0.29, 0.717) is 16.8 Å². The van der Waals surface area contributed by atoms with Gasteiger partial charge in [-0.05, 0) is 48.8 Å². The zero-order valence-electron chi connectivity index (χ0n) is 19.6. The number of nitrogens with zero attached hydrogens (tertiary/aromatic N) is 3. The van der Waals surface area contributed by atoms with Crippen molar-refractivity contribution in [1.82, 2.24) is 20.4 Å². The lowest BCUT2D eigenvalue weighted by molar-refractivity contribution is 0.396. The van der Waals surface area contributed by atoms with Gasteiger partial charge in [0.1, 0.15) is 5.75 Å². The van der Waals surface area contributed by atoms with E-state index in [2.05, 4.69) is 46.6 Å². The molecule has 6 nitrogen and oxygen atoms in total. The Morgan fingerprint density at radius 3 is 2.49 bits per heavy atom. The second kappa shape index (κ2) is 10.1. The maximum Gasteiger partial charge on any atom is 0.258 e. The number of nitrogens with one attached hydrogen (secondary N) is 1. The maximum atomic E-state index is 5.83. The fourth-order valence-corrected chi connectivity index (χ4v) is 4.67. The molecule has 0 aliphatic carbocycles. The summed E-state index contributed by atoms with van der Waals surface area (Å²) in [4.78, 5) is 6.89. The SMILES string of the molecule is COc1cccc(C2NC(=S)N(CCc3ccccc3)C(C)=C2c2nc(-c3ccccc3)no2)c1. The first-order valence-electron chi connectivity index (χ1n) is 11.5. The molecule has 0 amide bonds. The lowest BCUT2D eigenvalue weighted by Gasteiger charge is -2.37. The summed E-state index contributed by atoms with van der Waals surface area (Å²) in [5.41, 5.74) is 5.04. The van der Waals surface area contributed by atoms with Crippen molar-refractivity contribution in [2.45, 2.75) is 19.4 Å². The maximum absolute atomic E-state index is 5.83. The summed E-state index contributed by atoms with van der Waals surface area (Å²) in [7, 11) is 1.66. The van der Waals surface area contributed by atoms with Crippen molar-refractivity contribution in [3.63, 3.8) is 0 Å². The number of hydrogen-bond donors (Lipinski definition) is 1. The van der Waals surface area contributed by atoms with E-state index in [-0.39, 0.29) is 6.04 Å². The Labute approximate surface area is 210 Å². The fraction of sp³-hybridized carbons (Fsp3) is 0.179. The number of rotatable bonds is 7. The molecule has 1 N–H and O–H groups in total. The number of methoxy groups -OCH3 is 1. The van der Waals surface area contributed by atoms with Gasteiger partial charge in [-0.2, -0.15) is 4.98 Å². The van der Waals surface area contributed by atoms with Gasteiger partial charge in [0.15, 0.2) is 5.11 Å². The summed E-state index contributed by atoms with van der Waals surface area (Å²) in [6.07, 6.45) is 0.857. The number of aromatic nitrogens is 2. The van der Waals surface area contributed by atoms with E-state index in [4.69, 9.17) is 26.5 Å².